The average Bonchev–Trinajstić information content (AvgIpc) is 2.90. The highest BCUT2D eigenvalue weighted by Crippen LogP contribution is 2.22. The Balaban J connectivity index is 1.91. The van der Waals surface area contributed by atoms with Crippen LogP contribution < -0.4 is 10.6 Å². The second-order valence-corrected chi connectivity index (χ2v) is 6.33. The van der Waals surface area contributed by atoms with Crippen molar-refractivity contribution in [1.29, 1.82) is 0 Å². The zero-order valence-corrected chi connectivity index (χ0v) is 13.3. The topological polar surface area (TPSA) is 71.1 Å². The second kappa shape index (κ2) is 7.24. The van der Waals surface area contributed by atoms with Gasteiger partial charge in [0, 0.05) is 29.4 Å². The summed E-state index contributed by atoms with van der Waals surface area (Å²) in [5, 5.41) is 7.27. The lowest BCUT2D eigenvalue weighted by Gasteiger charge is -2.06. The molecule has 5 nitrogen and oxygen atoms in total. The van der Waals surface area contributed by atoms with Crippen LogP contribution >= 0.6 is 23.1 Å². The number of benzene rings is 1. The molecule has 1 aromatic heterocycles. The van der Waals surface area contributed by atoms with E-state index in [-0.39, 0.29) is 17.6 Å². The minimum Gasteiger partial charge on any atom is -0.355 e. The number of carbonyl (C=O) groups excluding carboxylic acids is 2. The first-order chi connectivity index (χ1) is 10.1. The number of aromatic nitrogens is 1. The maximum absolute atomic E-state index is 11.9. The van der Waals surface area contributed by atoms with Crippen LogP contribution in [0.15, 0.2) is 34.0 Å². The fourth-order valence-electron chi connectivity index (χ4n) is 1.61. The predicted octanol–water partition coefficient (Wildman–Crippen LogP) is 2.54. The third-order valence-electron chi connectivity index (χ3n) is 2.56. The van der Waals surface area contributed by atoms with Gasteiger partial charge in [0.2, 0.25) is 5.91 Å². The number of rotatable bonds is 5. The fourth-order valence-corrected chi connectivity index (χ4v) is 3.25. The summed E-state index contributed by atoms with van der Waals surface area (Å²) < 4.78 is 0.877. The van der Waals surface area contributed by atoms with Crippen molar-refractivity contribution in [3.8, 4) is 0 Å². The Labute approximate surface area is 131 Å². The standard InChI is InChI=1S/C14H15N3O2S2/c1-9-7-20-14(16-9)21-8-12(18)17-11-5-3-4-10(6-11)13(19)15-2/h3-7H,8H2,1-2H3,(H,15,19)(H,17,18). The first-order valence-corrected chi connectivity index (χ1v) is 8.12. The molecular formula is C14H15N3O2S2. The summed E-state index contributed by atoms with van der Waals surface area (Å²) >= 11 is 2.93. The van der Waals surface area contributed by atoms with E-state index in [2.05, 4.69) is 15.6 Å². The van der Waals surface area contributed by atoms with E-state index in [1.807, 2.05) is 12.3 Å². The maximum atomic E-state index is 11.9. The van der Waals surface area contributed by atoms with Crippen molar-refractivity contribution < 1.29 is 9.59 Å². The minimum absolute atomic E-state index is 0.123. The van der Waals surface area contributed by atoms with Crippen molar-refractivity contribution in [3.63, 3.8) is 0 Å². The summed E-state index contributed by atoms with van der Waals surface area (Å²) in [5.41, 5.74) is 2.08. The van der Waals surface area contributed by atoms with Crippen LogP contribution in [0.5, 0.6) is 0 Å². The molecule has 0 spiro atoms. The van der Waals surface area contributed by atoms with E-state index in [0.717, 1.165) is 10.0 Å². The van der Waals surface area contributed by atoms with Gasteiger partial charge in [-0.1, -0.05) is 17.8 Å². The number of aryl methyl sites for hydroxylation is 1. The van der Waals surface area contributed by atoms with Gasteiger partial charge in [0.25, 0.3) is 5.91 Å². The van der Waals surface area contributed by atoms with E-state index < -0.39 is 0 Å². The highest BCUT2D eigenvalue weighted by Gasteiger charge is 2.08. The molecule has 0 bridgehead atoms. The van der Waals surface area contributed by atoms with E-state index >= 15 is 0 Å². The predicted molar refractivity (Wildman–Crippen MR) is 86.0 cm³/mol. The molecule has 2 N–H and O–H groups in total. The number of amides is 2. The lowest BCUT2D eigenvalue weighted by atomic mass is 10.2. The molecule has 0 saturated carbocycles. The molecule has 2 aromatic rings. The lowest BCUT2D eigenvalue weighted by Crippen LogP contribution is -2.18. The number of nitrogens with zero attached hydrogens (tertiary/aromatic N) is 1. The molecule has 2 amide bonds. The number of thiazole rings is 1. The molecule has 110 valence electrons. The van der Waals surface area contributed by atoms with Gasteiger partial charge in [0.1, 0.15) is 0 Å². The van der Waals surface area contributed by atoms with Crippen LogP contribution in [0.25, 0.3) is 0 Å². The SMILES string of the molecule is CNC(=O)c1cccc(NC(=O)CSc2nc(C)cs2)c1. The Morgan fingerprint density at radius 1 is 1.38 bits per heavy atom. The summed E-state index contributed by atoms with van der Waals surface area (Å²) in [6.07, 6.45) is 0. The lowest BCUT2D eigenvalue weighted by molar-refractivity contribution is -0.113. The Morgan fingerprint density at radius 2 is 2.19 bits per heavy atom. The largest absolute Gasteiger partial charge is 0.355 e. The summed E-state index contributed by atoms with van der Waals surface area (Å²) in [5.74, 6) is -0.0161. The van der Waals surface area contributed by atoms with Crippen LogP contribution in [0.1, 0.15) is 16.1 Å². The molecule has 0 aliphatic carbocycles. The third kappa shape index (κ3) is 4.57. The van der Waals surface area contributed by atoms with Gasteiger partial charge in [-0.15, -0.1) is 11.3 Å². The number of thioether (sulfide) groups is 1. The highest BCUT2D eigenvalue weighted by atomic mass is 32.2. The van der Waals surface area contributed by atoms with Crippen LogP contribution in [0.4, 0.5) is 5.69 Å². The summed E-state index contributed by atoms with van der Waals surface area (Å²) in [4.78, 5) is 27.7. The quantitative estimate of drug-likeness (QED) is 0.830. The van der Waals surface area contributed by atoms with Gasteiger partial charge in [0.05, 0.1) is 5.75 Å². The van der Waals surface area contributed by atoms with Crippen LogP contribution in [0.3, 0.4) is 0 Å². The normalized spacial score (nSPS) is 10.2. The van der Waals surface area contributed by atoms with Gasteiger partial charge in [-0.25, -0.2) is 4.98 Å². The molecule has 0 aliphatic rings. The van der Waals surface area contributed by atoms with Crippen LogP contribution in [0, 0.1) is 6.92 Å². The molecule has 0 saturated heterocycles. The average molecular weight is 321 g/mol. The molecule has 7 heteroatoms. The van der Waals surface area contributed by atoms with E-state index in [0.29, 0.717) is 11.3 Å². The first kappa shape index (κ1) is 15.5. The number of nitrogens with one attached hydrogen (secondary N) is 2. The highest BCUT2D eigenvalue weighted by molar-refractivity contribution is 8.01. The monoisotopic (exact) mass is 321 g/mol. The molecule has 1 heterocycles. The van der Waals surface area contributed by atoms with Gasteiger partial charge in [-0.2, -0.15) is 0 Å². The van der Waals surface area contributed by atoms with E-state index in [1.165, 1.54) is 23.1 Å². The van der Waals surface area contributed by atoms with Crippen molar-refractivity contribution in [2.75, 3.05) is 18.1 Å². The van der Waals surface area contributed by atoms with Gasteiger partial charge in [-0.05, 0) is 25.1 Å². The van der Waals surface area contributed by atoms with E-state index in [4.69, 9.17) is 0 Å². The second-order valence-electron chi connectivity index (χ2n) is 4.25. The van der Waals surface area contributed by atoms with Gasteiger partial charge >= 0.3 is 0 Å². The van der Waals surface area contributed by atoms with Gasteiger partial charge in [0.15, 0.2) is 4.34 Å². The molecule has 21 heavy (non-hydrogen) atoms. The summed E-state index contributed by atoms with van der Waals surface area (Å²) in [6, 6.07) is 6.83. The van der Waals surface area contributed by atoms with Crippen molar-refractivity contribution in [2.24, 2.45) is 0 Å². The molecule has 1 aromatic carbocycles. The Morgan fingerprint density at radius 3 is 2.86 bits per heavy atom. The van der Waals surface area contributed by atoms with Gasteiger partial charge in [-0.3, -0.25) is 9.59 Å². The van der Waals surface area contributed by atoms with Crippen molar-refractivity contribution >= 4 is 40.6 Å². The van der Waals surface area contributed by atoms with Crippen LogP contribution in [-0.4, -0.2) is 29.6 Å². The molecule has 0 aliphatic heterocycles. The van der Waals surface area contributed by atoms with E-state index in [9.17, 15) is 9.59 Å². The number of carbonyl (C=O) groups is 2. The molecule has 0 unspecified atom stereocenters. The van der Waals surface area contributed by atoms with Gasteiger partial charge < -0.3 is 10.6 Å². The number of anilines is 1. The Kier molecular flexibility index (Phi) is 5.35. The van der Waals surface area contributed by atoms with E-state index in [1.54, 1.807) is 31.3 Å². The van der Waals surface area contributed by atoms with Crippen molar-refractivity contribution in [1.82, 2.24) is 10.3 Å². The number of hydrogen-bond donors (Lipinski definition) is 2. The molecular weight excluding hydrogens is 306 g/mol. The molecule has 2 rings (SSSR count). The summed E-state index contributed by atoms with van der Waals surface area (Å²) in [6.45, 7) is 1.92. The Bertz CT molecular complexity index is 655. The number of hydrogen-bond acceptors (Lipinski definition) is 5. The third-order valence-corrected chi connectivity index (χ3v) is 4.70. The molecule has 0 fully saturated rings. The minimum atomic E-state index is -0.182. The molecule has 0 radical (unpaired) electrons. The fraction of sp³-hybridized carbons (Fsp3) is 0.214. The smallest absolute Gasteiger partial charge is 0.251 e. The van der Waals surface area contributed by atoms with Crippen molar-refractivity contribution in [3.05, 3.63) is 40.9 Å². The Hall–Kier alpha value is -1.86. The van der Waals surface area contributed by atoms with Crippen molar-refractivity contribution in [2.45, 2.75) is 11.3 Å². The first-order valence-electron chi connectivity index (χ1n) is 6.25. The zero-order chi connectivity index (χ0) is 15.2. The van der Waals surface area contributed by atoms with Crippen LogP contribution in [0.2, 0.25) is 0 Å². The molecule has 0 atom stereocenters. The zero-order valence-electron chi connectivity index (χ0n) is 11.7. The van der Waals surface area contributed by atoms with Crippen LogP contribution in [-0.2, 0) is 4.79 Å². The summed E-state index contributed by atoms with van der Waals surface area (Å²) in [7, 11) is 1.57. The maximum Gasteiger partial charge on any atom is 0.251 e.